The van der Waals surface area contributed by atoms with Gasteiger partial charge in [-0.1, -0.05) is 52.5 Å². The van der Waals surface area contributed by atoms with Crippen LogP contribution in [-0.4, -0.2) is 43.7 Å². The second-order valence-corrected chi connectivity index (χ2v) is 8.65. The monoisotopic (exact) mass is 254 g/mol. The Labute approximate surface area is 109 Å². The SMILES string of the molecule is C=CC(=C)C[Si](C)(N(CC)CC)N(CC)CC. The van der Waals surface area contributed by atoms with Gasteiger partial charge in [-0.15, -0.1) is 0 Å². The summed E-state index contributed by atoms with van der Waals surface area (Å²) >= 11 is 0. The zero-order chi connectivity index (χ0) is 13.5. The van der Waals surface area contributed by atoms with Gasteiger partial charge in [-0.3, -0.25) is 0 Å². The fraction of sp³-hybridized carbons (Fsp3) is 0.714. The van der Waals surface area contributed by atoms with Crippen LogP contribution in [-0.2, 0) is 0 Å². The average molecular weight is 254 g/mol. The van der Waals surface area contributed by atoms with Crippen LogP contribution in [0.4, 0.5) is 0 Å². The zero-order valence-corrected chi connectivity index (χ0v) is 13.4. The molecule has 0 heterocycles. The Morgan fingerprint density at radius 3 is 1.59 bits per heavy atom. The molecule has 0 aromatic rings. The van der Waals surface area contributed by atoms with Crippen LogP contribution in [0.2, 0.25) is 12.6 Å². The van der Waals surface area contributed by atoms with Gasteiger partial charge in [-0.25, -0.2) is 0 Å². The Balaban J connectivity index is 5.15. The standard InChI is InChI=1S/C14H30N2Si/c1-8-14(6)13-17(7,15(9-2)10-3)16(11-4)12-5/h8H,1,6,9-13H2,2-5,7H3. The van der Waals surface area contributed by atoms with Crippen LogP contribution >= 0.6 is 0 Å². The van der Waals surface area contributed by atoms with Crippen molar-refractivity contribution in [1.82, 2.24) is 9.13 Å². The van der Waals surface area contributed by atoms with Crippen molar-refractivity contribution in [3.8, 4) is 0 Å². The molecule has 0 saturated heterocycles. The Morgan fingerprint density at radius 2 is 1.35 bits per heavy atom. The lowest BCUT2D eigenvalue weighted by Gasteiger charge is -2.46. The normalized spacial score (nSPS) is 12.2. The number of rotatable bonds is 9. The molecule has 0 spiro atoms. The van der Waals surface area contributed by atoms with Crippen LogP contribution in [0.15, 0.2) is 24.8 Å². The van der Waals surface area contributed by atoms with Crippen molar-refractivity contribution < 1.29 is 0 Å². The lowest BCUT2D eigenvalue weighted by Crippen LogP contribution is -2.63. The van der Waals surface area contributed by atoms with E-state index in [1.807, 2.05) is 6.08 Å². The maximum Gasteiger partial charge on any atom is 0.207 e. The Bertz CT molecular complexity index is 231. The molecule has 2 nitrogen and oxygen atoms in total. The molecule has 0 amide bonds. The fourth-order valence-electron chi connectivity index (χ4n) is 2.74. The Hall–Kier alpha value is -0.383. The van der Waals surface area contributed by atoms with E-state index in [9.17, 15) is 0 Å². The third-order valence-corrected chi connectivity index (χ3v) is 8.85. The van der Waals surface area contributed by atoms with E-state index in [1.165, 1.54) is 5.57 Å². The van der Waals surface area contributed by atoms with Crippen LogP contribution in [0.25, 0.3) is 0 Å². The van der Waals surface area contributed by atoms with Crippen molar-refractivity contribution in [1.29, 1.82) is 0 Å². The molecule has 0 N–H and O–H groups in total. The molecule has 3 heteroatoms. The first-order chi connectivity index (χ1) is 7.99. The maximum atomic E-state index is 4.12. The van der Waals surface area contributed by atoms with Crippen LogP contribution in [0, 0.1) is 0 Å². The van der Waals surface area contributed by atoms with Gasteiger partial charge in [0.2, 0.25) is 8.40 Å². The highest BCUT2D eigenvalue weighted by atomic mass is 28.3. The highest BCUT2D eigenvalue weighted by molar-refractivity contribution is 6.73. The third-order valence-electron chi connectivity index (χ3n) is 3.74. The van der Waals surface area contributed by atoms with Gasteiger partial charge < -0.3 is 9.13 Å². The van der Waals surface area contributed by atoms with Gasteiger partial charge in [0.1, 0.15) is 0 Å². The van der Waals surface area contributed by atoms with Gasteiger partial charge in [0.15, 0.2) is 0 Å². The van der Waals surface area contributed by atoms with E-state index < -0.39 is 8.40 Å². The number of hydrogen-bond acceptors (Lipinski definition) is 2. The van der Waals surface area contributed by atoms with Crippen molar-refractivity contribution >= 4 is 8.40 Å². The van der Waals surface area contributed by atoms with Gasteiger partial charge >= 0.3 is 0 Å². The molecule has 0 aromatic heterocycles. The molecular formula is C14H30N2Si. The van der Waals surface area contributed by atoms with Gasteiger partial charge in [-0.05, 0) is 38.8 Å². The topological polar surface area (TPSA) is 6.48 Å². The number of nitrogens with zero attached hydrogens (tertiary/aromatic N) is 2. The summed E-state index contributed by atoms with van der Waals surface area (Å²) in [6.07, 6.45) is 1.91. The molecule has 0 rings (SSSR count). The lowest BCUT2D eigenvalue weighted by atomic mass is 10.4. The van der Waals surface area contributed by atoms with Crippen molar-refractivity contribution in [3.05, 3.63) is 24.8 Å². The van der Waals surface area contributed by atoms with Crippen LogP contribution in [0.1, 0.15) is 27.7 Å². The number of allylic oxidation sites excluding steroid dienone is 2. The highest BCUT2D eigenvalue weighted by Gasteiger charge is 2.38. The summed E-state index contributed by atoms with van der Waals surface area (Å²) in [5, 5.41) is 0. The smallest absolute Gasteiger partial charge is 0.207 e. The van der Waals surface area contributed by atoms with E-state index in [4.69, 9.17) is 0 Å². The maximum absolute atomic E-state index is 4.12. The largest absolute Gasteiger partial charge is 0.312 e. The van der Waals surface area contributed by atoms with E-state index in [0.717, 1.165) is 32.2 Å². The second kappa shape index (κ2) is 7.85. The van der Waals surface area contributed by atoms with E-state index in [0.29, 0.717) is 0 Å². The molecular weight excluding hydrogens is 224 g/mol. The van der Waals surface area contributed by atoms with Gasteiger partial charge in [-0.2, -0.15) is 0 Å². The Morgan fingerprint density at radius 1 is 1.00 bits per heavy atom. The highest BCUT2D eigenvalue weighted by Crippen LogP contribution is 2.24. The quantitative estimate of drug-likeness (QED) is 0.459. The Kier molecular flexibility index (Phi) is 7.67. The zero-order valence-electron chi connectivity index (χ0n) is 12.4. The van der Waals surface area contributed by atoms with E-state index >= 15 is 0 Å². The molecule has 0 unspecified atom stereocenters. The summed E-state index contributed by atoms with van der Waals surface area (Å²) in [5.41, 5.74) is 1.18. The summed E-state index contributed by atoms with van der Waals surface area (Å²) in [5.74, 6) is 0. The second-order valence-electron chi connectivity index (χ2n) is 4.60. The van der Waals surface area contributed by atoms with Gasteiger partial charge in [0, 0.05) is 0 Å². The minimum Gasteiger partial charge on any atom is -0.312 e. The van der Waals surface area contributed by atoms with Crippen LogP contribution in [0.3, 0.4) is 0 Å². The van der Waals surface area contributed by atoms with E-state index in [-0.39, 0.29) is 0 Å². The molecule has 0 bridgehead atoms. The first-order valence-corrected chi connectivity index (χ1v) is 9.40. The molecule has 0 radical (unpaired) electrons. The molecule has 0 fully saturated rings. The average Bonchev–Trinajstić information content (AvgIpc) is 2.31. The summed E-state index contributed by atoms with van der Waals surface area (Å²) in [4.78, 5) is 0. The molecule has 0 saturated carbocycles. The van der Waals surface area contributed by atoms with Crippen molar-refractivity contribution in [2.24, 2.45) is 0 Å². The minimum absolute atomic E-state index is 1.10. The van der Waals surface area contributed by atoms with Crippen LogP contribution in [0.5, 0.6) is 0 Å². The van der Waals surface area contributed by atoms with Crippen molar-refractivity contribution in [2.75, 3.05) is 26.2 Å². The first kappa shape index (κ1) is 16.6. The first-order valence-electron chi connectivity index (χ1n) is 6.80. The third kappa shape index (κ3) is 4.09. The van der Waals surface area contributed by atoms with E-state index in [2.05, 4.69) is 56.5 Å². The molecule has 0 aliphatic heterocycles. The molecule has 0 aromatic carbocycles. The molecule has 0 atom stereocenters. The summed E-state index contributed by atoms with van der Waals surface area (Å²) in [6, 6.07) is 1.10. The lowest BCUT2D eigenvalue weighted by molar-refractivity contribution is 0.357. The predicted octanol–water partition coefficient (Wildman–Crippen LogP) is 3.48. The molecule has 0 aliphatic rings. The predicted molar refractivity (Wildman–Crippen MR) is 81.6 cm³/mol. The van der Waals surface area contributed by atoms with E-state index in [1.54, 1.807) is 0 Å². The minimum atomic E-state index is -1.60. The van der Waals surface area contributed by atoms with Gasteiger partial charge in [0.25, 0.3) is 0 Å². The molecule has 17 heavy (non-hydrogen) atoms. The summed E-state index contributed by atoms with van der Waals surface area (Å²) in [6.45, 7) is 24.0. The number of hydrogen-bond donors (Lipinski definition) is 0. The molecule has 0 aliphatic carbocycles. The van der Waals surface area contributed by atoms with Crippen molar-refractivity contribution in [2.45, 2.75) is 40.3 Å². The van der Waals surface area contributed by atoms with Crippen LogP contribution < -0.4 is 0 Å². The van der Waals surface area contributed by atoms with Gasteiger partial charge in [0.05, 0.1) is 0 Å². The van der Waals surface area contributed by atoms with Crippen molar-refractivity contribution in [3.63, 3.8) is 0 Å². The fourth-order valence-corrected chi connectivity index (χ4v) is 7.31. The molecule has 100 valence electrons. The summed E-state index contributed by atoms with van der Waals surface area (Å²) in [7, 11) is -1.60. The summed E-state index contributed by atoms with van der Waals surface area (Å²) < 4.78 is 5.30.